The van der Waals surface area contributed by atoms with Crippen LogP contribution in [0.15, 0.2) is 23.3 Å². The van der Waals surface area contributed by atoms with Crippen molar-refractivity contribution < 1.29 is 29.0 Å². The number of urea groups is 1. The van der Waals surface area contributed by atoms with Crippen LogP contribution < -0.4 is 15.5 Å². The number of nitrogens with one attached hydrogen (secondary N) is 2. The third-order valence-corrected chi connectivity index (χ3v) is 5.06. The molecule has 0 aliphatic heterocycles. The summed E-state index contributed by atoms with van der Waals surface area (Å²) in [6.45, 7) is 4.83. The van der Waals surface area contributed by atoms with Crippen molar-refractivity contribution in [3.8, 4) is 11.5 Å². The summed E-state index contributed by atoms with van der Waals surface area (Å²) >= 11 is 0.995. The summed E-state index contributed by atoms with van der Waals surface area (Å²) < 4.78 is 10.0. The van der Waals surface area contributed by atoms with E-state index in [0.717, 1.165) is 11.3 Å². The summed E-state index contributed by atoms with van der Waals surface area (Å²) in [5.74, 6) is -0.589. The Bertz CT molecular complexity index is 967. The molecule has 0 aliphatic rings. The second-order valence-electron chi connectivity index (χ2n) is 5.79. The van der Waals surface area contributed by atoms with Gasteiger partial charge >= 0.3 is 12.0 Å². The lowest BCUT2D eigenvalue weighted by atomic mass is 10.1. The molecule has 0 unspecified atom stereocenters. The lowest BCUT2D eigenvalue weighted by molar-refractivity contribution is 0.0527. The van der Waals surface area contributed by atoms with E-state index in [4.69, 9.17) is 9.47 Å². The molecule has 29 heavy (non-hydrogen) atoms. The third-order valence-electron chi connectivity index (χ3n) is 3.76. The number of carbonyl (C=O) groups excluding carboxylic acids is 3. The van der Waals surface area contributed by atoms with Gasteiger partial charge in [-0.1, -0.05) is 0 Å². The minimum Gasteiger partial charge on any atom is -0.504 e. The number of hydrogen-bond donors (Lipinski definition) is 3. The Morgan fingerprint density at radius 1 is 1.31 bits per heavy atom. The maximum absolute atomic E-state index is 12.2. The van der Waals surface area contributed by atoms with E-state index in [9.17, 15) is 19.5 Å². The van der Waals surface area contributed by atoms with Crippen LogP contribution >= 0.6 is 11.3 Å². The Labute approximate surface area is 171 Å². The molecule has 1 aromatic heterocycles. The number of anilines is 1. The number of esters is 1. The zero-order valence-electron chi connectivity index (χ0n) is 16.4. The van der Waals surface area contributed by atoms with E-state index < -0.39 is 12.0 Å². The smallest absolute Gasteiger partial charge is 0.341 e. The normalized spacial score (nSPS) is 10.6. The van der Waals surface area contributed by atoms with Crippen molar-refractivity contribution >= 4 is 40.3 Å². The fourth-order valence-corrected chi connectivity index (χ4v) is 3.54. The molecule has 9 nitrogen and oxygen atoms in total. The second kappa shape index (κ2) is 9.69. The van der Waals surface area contributed by atoms with Crippen molar-refractivity contribution in [2.75, 3.05) is 19.0 Å². The van der Waals surface area contributed by atoms with E-state index in [1.54, 1.807) is 26.0 Å². The first-order chi connectivity index (χ1) is 13.8. The van der Waals surface area contributed by atoms with Crippen molar-refractivity contribution in [3.05, 3.63) is 39.8 Å². The minimum absolute atomic E-state index is 0.0174. The minimum atomic E-state index is -0.700. The number of phenolic OH excluding ortho intramolecular Hbond substituents is 1. The molecule has 0 aliphatic carbocycles. The van der Waals surface area contributed by atoms with Gasteiger partial charge in [0.2, 0.25) is 0 Å². The fraction of sp³-hybridized carbons (Fsp3) is 0.263. The molecule has 2 aromatic rings. The SMILES string of the molecule is CCOC(=O)c1c(NC(=O)N/N=C\c2ccc(O)c(OC)c2)sc(C(C)=O)c1C. The Morgan fingerprint density at radius 2 is 2.03 bits per heavy atom. The molecule has 0 spiro atoms. The van der Waals surface area contributed by atoms with E-state index in [0.29, 0.717) is 16.0 Å². The van der Waals surface area contributed by atoms with Crippen molar-refractivity contribution in [3.63, 3.8) is 0 Å². The number of amides is 2. The molecule has 0 saturated carbocycles. The van der Waals surface area contributed by atoms with Crippen molar-refractivity contribution in [2.24, 2.45) is 5.10 Å². The van der Waals surface area contributed by atoms with Gasteiger partial charge in [0.15, 0.2) is 17.3 Å². The molecule has 2 amide bonds. The molecular formula is C19H21N3O6S. The largest absolute Gasteiger partial charge is 0.504 e. The van der Waals surface area contributed by atoms with E-state index in [-0.39, 0.29) is 34.5 Å². The number of hydrazone groups is 1. The first-order valence-corrected chi connectivity index (χ1v) is 9.38. The Kier molecular flexibility index (Phi) is 7.32. The van der Waals surface area contributed by atoms with Gasteiger partial charge in [-0.25, -0.2) is 15.0 Å². The highest BCUT2D eigenvalue weighted by Crippen LogP contribution is 2.34. The van der Waals surface area contributed by atoms with Gasteiger partial charge in [0.25, 0.3) is 0 Å². The van der Waals surface area contributed by atoms with Crippen LogP contribution in [0.5, 0.6) is 11.5 Å². The summed E-state index contributed by atoms with van der Waals surface area (Å²) in [5, 5.41) is 16.1. The monoisotopic (exact) mass is 419 g/mol. The molecule has 0 atom stereocenters. The summed E-state index contributed by atoms with van der Waals surface area (Å²) in [4.78, 5) is 36.5. The number of phenols is 1. The van der Waals surface area contributed by atoms with Crippen LogP contribution in [0, 0.1) is 6.92 Å². The predicted octanol–water partition coefficient (Wildman–Crippen LogP) is 3.31. The first kappa shape index (κ1) is 21.9. The van der Waals surface area contributed by atoms with Crippen molar-refractivity contribution in [1.82, 2.24) is 5.43 Å². The lowest BCUT2D eigenvalue weighted by Gasteiger charge is -2.06. The van der Waals surface area contributed by atoms with Crippen LogP contribution in [-0.4, -0.2) is 42.8 Å². The van der Waals surface area contributed by atoms with Crippen molar-refractivity contribution in [2.45, 2.75) is 20.8 Å². The Hall–Kier alpha value is -3.40. The number of hydrogen-bond acceptors (Lipinski definition) is 8. The number of Topliss-reactive ketones (excluding diaryl/α,β-unsaturated/α-hetero) is 1. The maximum Gasteiger partial charge on any atom is 0.341 e. The molecular weight excluding hydrogens is 398 g/mol. The molecule has 2 rings (SSSR count). The number of benzene rings is 1. The molecule has 154 valence electrons. The van der Waals surface area contributed by atoms with Crippen LogP contribution in [0.3, 0.4) is 0 Å². The number of aromatic hydroxyl groups is 1. The molecule has 1 aromatic carbocycles. The summed E-state index contributed by atoms with van der Waals surface area (Å²) in [6, 6.07) is 3.86. The van der Waals surface area contributed by atoms with Crippen LogP contribution in [0.25, 0.3) is 0 Å². The fourth-order valence-electron chi connectivity index (χ4n) is 2.46. The zero-order valence-corrected chi connectivity index (χ0v) is 17.2. The van der Waals surface area contributed by atoms with Crippen LogP contribution in [0.2, 0.25) is 0 Å². The number of methoxy groups -OCH3 is 1. The standard InChI is InChI=1S/C19H21N3O6S/c1-5-28-18(25)15-10(2)16(11(3)23)29-17(15)21-19(26)22-20-9-12-6-7-13(24)14(8-12)27-4/h6-9,24H,5H2,1-4H3,(H2,21,22,26)/b20-9-. The summed E-state index contributed by atoms with van der Waals surface area (Å²) in [6.07, 6.45) is 1.36. The topological polar surface area (TPSA) is 126 Å². The number of ether oxygens (including phenoxy) is 2. The first-order valence-electron chi connectivity index (χ1n) is 8.57. The molecule has 0 radical (unpaired) electrons. The second-order valence-corrected chi connectivity index (χ2v) is 6.81. The molecule has 10 heteroatoms. The van der Waals surface area contributed by atoms with E-state index in [1.807, 2.05) is 0 Å². The Balaban J connectivity index is 2.15. The van der Waals surface area contributed by atoms with Gasteiger partial charge in [-0.05, 0) is 50.1 Å². The number of rotatable bonds is 7. The average molecular weight is 419 g/mol. The highest BCUT2D eigenvalue weighted by molar-refractivity contribution is 7.18. The summed E-state index contributed by atoms with van der Waals surface area (Å²) in [5.41, 5.74) is 3.45. The molecule has 0 fully saturated rings. The average Bonchev–Trinajstić information content (AvgIpc) is 2.99. The maximum atomic E-state index is 12.2. The third kappa shape index (κ3) is 5.32. The van der Waals surface area contributed by atoms with Gasteiger partial charge < -0.3 is 14.6 Å². The van der Waals surface area contributed by atoms with Gasteiger partial charge in [-0.15, -0.1) is 11.3 Å². The van der Waals surface area contributed by atoms with Crippen LogP contribution in [0.4, 0.5) is 9.80 Å². The lowest BCUT2D eigenvalue weighted by Crippen LogP contribution is -2.24. The summed E-state index contributed by atoms with van der Waals surface area (Å²) in [7, 11) is 1.42. The van der Waals surface area contributed by atoms with Gasteiger partial charge in [0.05, 0.1) is 30.4 Å². The highest BCUT2D eigenvalue weighted by atomic mass is 32.1. The zero-order chi connectivity index (χ0) is 21.6. The van der Waals surface area contributed by atoms with Crippen LogP contribution in [0.1, 0.15) is 45.0 Å². The molecule has 0 bridgehead atoms. The van der Waals surface area contributed by atoms with E-state index in [1.165, 1.54) is 26.3 Å². The van der Waals surface area contributed by atoms with Gasteiger partial charge in [-0.2, -0.15) is 5.10 Å². The van der Waals surface area contributed by atoms with Crippen molar-refractivity contribution in [1.29, 1.82) is 0 Å². The molecule has 0 saturated heterocycles. The quantitative estimate of drug-likeness (QED) is 0.274. The number of ketones is 1. The van der Waals surface area contributed by atoms with Gasteiger partial charge in [0, 0.05) is 0 Å². The van der Waals surface area contributed by atoms with Crippen LogP contribution in [-0.2, 0) is 4.74 Å². The highest BCUT2D eigenvalue weighted by Gasteiger charge is 2.25. The molecule has 3 N–H and O–H groups in total. The van der Waals surface area contributed by atoms with E-state index in [2.05, 4.69) is 15.8 Å². The number of thiophene rings is 1. The van der Waals surface area contributed by atoms with Gasteiger partial charge in [-0.3, -0.25) is 10.1 Å². The van der Waals surface area contributed by atoms with E-state index >= 15 is 0 Å². The number of nitrogens with zero attached hydrogens (tertiary/aromatic N) is 1. The van der Waals surface area contributed by atoms with Gasteiger partial charge in [0.1, 0.15) is 5.00 Å². The number of carbonyl (C=O) groups is 3. The molecule has 1 heterocycles. The predicted molar refractivity (Wildman–Crippen MR) is 109 cm³/mol. The Morgan fingerprint density at radius 3 is 2.66 bits per heavy atom.